The minimum atomic E-state index is -0.647. The van der Waals surface area contributed by atoms with Crippen molar-refractivity contribution in [3.05, 3.63) is 47.0 Å². The molecular weight excluding hydrogens is 404 g/mol. The van der Waals surface area contributed by atoms with Crippen LogP contribution >= 0.6 is 11.6 Å². The summed E-state index contributed by atoms with van der Waals surface area (Å²) >= 11 is 5.83. The van der Waals surface area contributed by atoms with Crippen LogP contribution in [0.25, 0.3) is 0 Å². The van der Waals surface area contributed by atoms with E-state index in [4.69, 9.17) is 21.3 Å². The van der Waals surface area contributed by atoms with Gasteiger partial charge in [0.2, 0.25) is 5.91 Å². The highest BCUT2D eigenvalue weighted by molar-refractivity contribution is 6.29. The molecule has 1 N–H and O–H groups in total. The maximum Gasteiger partial charge on any atom is 0.414 e. The number of ether oxygens (including phenoxy) is 1. The summed E-state index contributed by atoms with van der Waals surface area (Å²) in [5.74, 6) is -0.0777. The molecule has 5 rings (SSSR count). The number of fused-ring (bicyclic) bond motifs is 1. The Balaban J connectivity index is 1.39. The van der Waals surface area contributed by atoms with Gasteiger partial charge in [0.1, 0.15) is 11.3 Å². The molecule has 0 unspecified atom stereocenters. The van der Waals surface area contributed by atoms with E-state index in [2.05, 4.69) is 10.3 Å². The fourth-order valence-electron chi connectivity index (χ4n) is 4.13. The summed E-state index contributed by atoms with van der Waals surface area (Å²) in [5.41, 5.74) is 2.39. The van der Waals surface area contributed by atoms with Crippen molar-refractivity contribution < 1.29 is 14.3 Å². The molecule has 0 bridgehead atoms. The number of pyridine rings is 2. The first-order valence-corrected chi connectivity index (χ1v) is 10.8. The molecule has 8 heteroatoms. The lowest BCUT2D eigenvalue weighted by Crippen LogP contribution is -2.47. The third kappa shape index (κ3) is 3.51. The van der Waals surface area contributed by atoms with Gasteiger partial charge < -0.3 is 10.1 Å². The van der Waals surface area contributed by atoms with Gasteiger partial charge in [0.15, 0.2) is 0 Å². The molecule has 30 heavy (non-hydrogen) atoms. The van der Waals surface area contributed by atoms with E-state index in [1.165, 1.54) is 0 Å². The smallest absolute Gasteiger partial charge is 0.414 e. The Kier molecular flexibility index (Phi) is 4.85. The molecule has 156 valence electrons. The quantitative estimate of drug-likeness (QED) is 0.739. The Bertz CT molecular complexity index is 986. The molecule has 0 saturated heterocycles. The molecule has 0 atom stereocenters. The molecule has 2 fully saturated rings. The van der Waals surface area contributed by atoms with Crippen molar-refractivity contribution >= 4 is 35.0 Å². The summed E-state index contributed by atoms with van der Waals surface area (Å²) in [6.07, 6.45) is 7.32. The largest absolute Gasteiger partial charge is 0.446 e. The molecule has 7 nitrogen and oxygen atoms in total. The Morgan fingerprint density at radius 1 is 1.17 bits per heavy atom. The van der Waals surface area contributed by atoms with Crippen molar-refractivity contribution in [2.24, 2.45) is 0 Å². The van der Waals surface area contributed by atoms with Gasteiger partial charge in [0.25, 0.3) is 0 Å². The van der Waals surface area contributed by atoms with Gasteiger partial charge in [0.05, 0.1) is 34.4 Å². The van der Waals surface area contributed by atoms with Crippen LogP contribution in [0.5, 0.6) is 0 Å². The van der Waals surface area contributed by atoms with Crippen molar-refractivity contribution in [2.45, 2.75) is 56.5 Å². The predicted octanol–water partition coefficient (Wildman–Crippen LogP) is 4.24. The number of anilines is 2. The number of nitrogens with zero attached hydrogens (tertiary/aromatic N) is 3. The van der Waals surface area contributed by atoms with Crippen molar-refractivity contribution in [2.75, 3.05) is 16.8 Å². The third-order valence-corrected chi connectivity index (χ3v) is 6.39. The molecular formula is C22H23ClN4O3. The molecule has 1 aliphatic heterocycles. The third-order valence-electron chi connectivity index (χ3n) is 6.17. The van der Waals surface area contributed by atoms with Crippen molar-refractivity contribution in [1.82, 2.24) is 9.97 Å². The van der Waals surface area contributed by atoms with Gasteiger partial charge in [0, 0.05) is 6.54 Å². The maximum absolute atomic E-state index is 13.2. The number of carbonyl (C=O) groups excluding carboxylic acids is 2. The molecule has 2 amide bonds. The molecule has 3 aliphatic rings. The van der Waals surface area contributed by atoms with E-state index in [1.807, 2.05) is 12.1 Å². The first-order chi connectivity index (χ1) is 14.5. The maximum atomic E-state index is 13.2. The summed E-state index contributed by atoms with van der Waals surface area (Å²) < 4.78 is 5.48. The van der Waals surface area contributed by atoms with Crippen molar-refractivity contribution in [3.8, 4) is 0 Å². The highest BCUT2D eigenvalue weighted by Crippen LogP contribution is 2.45. The van der Waals surface area contributed by atoms with Crippen LogP contribution in [0.1, 0.15) is 49.9 Å². The lowest BCUT2D eigenvalue weighted by Gasteiger charge is -2.40. The van der Waals surface area contributed by atoms with Crippen LogP contribution in [0.3, 0.4) is 0 Å². The second-order valence-electron chi connectivity index (χ2n) is 8.26. The highest BCUT2D eigenvalue weighted by atomic mass is 35.5. The van der Waals surface area contributed by atoms with Gasteiger partial charge in [-0.05, 0) is 62.8 Å². The Morgan fingerprint density at radius 2 is 2.00 bits per heavy atom. The van der Waals surface area contributed by atoms with Gasteiger partial charge in [-0.25, -0.2) is 9.78 Å². The van der Waals surface area contributed by atoms with Crippen LogP contribution in [0, 0.1) is 0 Å². The first-order valence-electron chi connectivity index (χ1n) is 10.5. The fraction of sp³-hybridized carbons (Fsp3) is 0.455. The lowest BCUT2D eigenvalue weighted by molar-refractivity contribution is -0.124. The summed E-state index contributed by atoms with van der Waals surface area (Å²) in [6.45, 7) is 0.634. The number of rotatable bonds is 4. The molecule has 0 spiro atoms. The SMILES string of the molecule is O=C(OC1CC1)N1CCCc2nc(C3(C(=O)Nc4ccc(Cl)nc4)CCC3)ccc21. The van der Waals surface area contributed by atoms with E-state index in [0.29, 0.717) is 17.4 Å². The zero-order chi connectivity index (χ0) is 20.7. The van der Waals surface area contributed by atoms with E-state index in [9.17, 15) is 9.59 Å². The number of carbonyl (C=O) groups is 2. The number of aromatic nitrogens is 2. The lowest BCUT2D eigenvalue weighted by atomic mass is 9.65. The van der Waals surface area contributed by atoms with Gasteiger partial charge in [-0.1, -0.05) is 18.0 Å². The van der Waals surface area contributed by atoms with Gasteiger partial charge in [-0.15, -0.1) is 0 Å². The van der Waals surface area contributed by atoms with Crippen LogP contribution in [0.15, 0.2) is 30.5 Å². The van der Waals surface area contributed by atoms with E-state index >= 15 is 0 Å². The molecule has 0 radical (unpaired) electrons. The second-order valence-corrected chi connectivity index (χ2v) is 8.65. The zero-order valence-corrected chi connectivity index (χ0v) is 17.3. The van der Waals surface area contributed by atoms with Crippen LogP contribution in [-0.4, -0.2) is 34.6 Å². The van der Waals surface area contributed by atoms with Crippen LogP contribution in [-0.2, 0) is 21.4 Å². The van der Waals surface area contributed by atoms with E-state index < -0.39 is 5.41 Å². The Hall–Kier alpha value is -2.67. The standard InChI is InChI=1S/C22H23ClN4O3/c23-19-9-4-14(13-24-19)25-20(28)22(10-2-11-22)18-8-7-17-16(26-18)3-1-12-27(17)21(29)30-15-5-6-15/h4,7-9,13,15H,1-3,5-6,10-12H2,(H,25,28). The molecule has 0 aromatic carbocycles. The summed E-state index contributed by atoms with van der Waals surface area (Å²) in [4.78, 5) is 36.2. The number of amides is 2. The molecule has 2 aliphatic carbocycles. The number of hydrogen-bond donors (Lipinski definition) is 1. The van der Waals surface area contributed by atoms with E-state index in [-0.39, 0.29) is 18.1 Å². The number of halogens is 1. The molecule has 2 aromatic heterocycles. The normalized spacial score (nSPS) is 19.4. The highest BCUT2D eigenvalue weighted by Gasteiger charge is 2.47. The van der Waals surface area contributed by atoms with Crippen molar-refractivity contribution in [3.63, 3.8) is 0 Å². The van der Waals surface area contributed by atoms with Gasteiger partial charge in [-0.3, -0.25) is 14.7 Å². The average molecular weight is 427 g/mol. The minimum Gasteiger partial charge on any atom is -0.446 e. The molecule has 2 aromatic rings. The second kappa shape index (κ2) is 7.54. The average Bonchev–Trinajstić information content (AvgIpc) is 3.52. The van der Waals surface area contributed by atoms with Crippen molar-refractivity contribution in [1.29, 1.82) is 0 Å². The summed E-state index contributed by atoms with van der Waals surface area (Å²) in [7, 11) is 0. The monoisotopic (exact) mass is 426 g/mol. The Labute approximate surface area is 179 Å². The fourth-order valence-corrected chi connectivity index (χ4v) is 4.24. The van der Waals surface area contributed by atoms with E-state index in [0.717, 1.165) is 62.0 Å². The number of aryl methyl sites for hydroxylation is 1. The predicted molar refractivity (Wildman–Crippen MR) is 113 cm³/mol. The summed E-state index contributed by atoms with van der Waals surface area (Å²) in [5, 5.41) is 3.34. The zero-order valence-electron chi connectivity index (χ0n) is 16.6. The van der Waals surface area contributed by atoms with Gasteiger partial charge >= 0.3 is 6.09 Å². The van der Waals surface area contributed by atoms with Crippen LogP contribution < -0.4 is 10.2 Å². The number of hydrogen-bond acceptors (Lipinski definition) is 5. The van der Waals surface area contributed by atoms with Gasteiger partial charge in [-0.2, -0.15) is 0 Å². The number of nitrogens with one attached hydrogen (secondary N) is 1. The molecule has 2 saturated carbocycles. The van der Waals surface area contributed by atoms with Crippen LogP contribution in [0.2, 0.25) is 5.15 Å². The molecule has 3 heterocycles. The van der Waals surface area contributed by atoms with E-state index in [1.54, 1.807) is 23.2 Å². The van der Waals surface area contributed by atoms with Crippen LogP contribution in [0.4, 0.5) is 16.2 Å². The first kappa shape index (κ1) is 19.3. The topological polar surface area (TPSA) is 84.4 Å². The summed E-state index contributed by atoms with van der Waals surface area (Å²) in [6, 6.07) is 7.20. The minimum absolute atomic E-state index is 0.0689. The Morgan fingerprint density at radius 3 is 2.67 bits per heavy atom.